The number of hydrogen-bond donors (Lipinski definition) is 2. The lowest BCUT2D eigenvalue weighted by molar-refractivity contribution is 0.578. The molecule has 8 heteroatoms. The molecule has 0 aliphatic carbocycles. The molecule has 0 saturated carbocycles. The van der Waals surface area contributed by atoms with Crippen LogP contribution in [-0.2, 0) is 30.0 Å². The summed E-state index contributed by atoms with van der Waals surface area (Å²) in [6.07, 6.45) is 2.27. The number of halogens is 1. The van der Waals surface area contributed by atoms with Crippen molar-refractivity contribution in [3.8, 4) is 0 Å². The van der Waals surface area contributed by atoms with Gasteiger partial charge in [0.1, 0.15) is 5.82 Å². The third-order valence-corrected chi connectivity index (χ3v) is 4.45. The number of hydrogen-bond acceptors (Lipinski definition) is 4. The van der Waals surface area contributed by atoms with Gasteiger partial charge >= 0.3 is 0 Å². The first-order valence-corrected chi connectivity index (χ1v) is 7.87. The van der Waals surface area contributed by atoms with Crippen LogP contribution >= 0.6 is 0 Å². The van der Waals surface area contributed by atoms with E-state index in [1.807, 2.05) is 6.07 Å². The predicted octanol–water partition coefficient (Wildman–Crippen LogP) is 0.539. The maximum Gasteiger partial charge on any atom is 0.240 e. The monoisotopic (exact) mass is 312 g/mol. The van der Waals surface area contributed by atoms with Crippen LogP contribution in [0.15, 0.2) is 35.4 Å². The molecule has 0 atom stereocenters. The largest absolute Gasteiger partial charge is 0.326 e. The molecule has 0 aliphatic heterocycles. The lowest BCUT2D eigenvalue weighted by Crippen LogP contribution is -2.26. The van der Waals surface area contributed by atoms with Gasteiger partial charge in [0, 0.05) is 38.3 Å². The van der Waals surface area contributed by atoms with Gasteiger partial charge in [0.2, 0.25) is 10.0 Å². The van der Waals surface area contributed by atoms with Gasteiger partial charge in [-0.3, -0.25) is 4.68 Å². The molecule has 0 fully saturated rings. The third kappa shape index (κ3) is 3.87. The zero-order valence-electron chi connectivity index (χ0n) is 11.6. The maximum atomic E-state index is 13.3. The Labute approximate surface area is 122 Å². The number of aryl methyl sites for hydroxylation is 1. The Bertz CT molecular complexity index is 728. The van der Waals surface area contributed by atoms with Crippen LogP contribution in [0.25, 0.3) is 0 Å². The summed E-state index contributed by atoms with van der Waals surface area (Å²) >= 11 is 0. The van der Waals surface area contributed by atoms with Crippen LogP contribution in [0.4, 0.5) is 4.39 Å². The summed E-state index contributed by atoms with van der Waals surface area (Å²) in [4.78, 5) is 0.00497. The predicted molar refractivity (Wildman–Crippen MR) is 76.4 cm³/mol. The molecule has 0 spiro atoms. The topological polar surface area (TPSA) is 90.0 Å². The van der Waals surface area contributed by atoms with E-state index in [0.717, 1.165) is 11.8 Å². The van der Waals surface area contributed by atoms with Crippen molar-refractivity contribution >= 4 is 10.0 Å². The van der Waals surface area contributed by atoms with Crippen molar-refractivity contribution in [1.82, 2.24) is 14.5 Å². The van der Waals surface area contributed by atoms with Gasteiger partial charge in [-0.05, 0) is 24.3 Å². The molecular formula is C13H17FN4O2S. The molecule has 0 radical (unpaired) electrons. The van der Waals surface area contributed by atoms with Crippen molar-refractivity contribution in [2.45, 2.75) is 17.9 Å². The molecule has 0 saturated heterocycles. The minimum Gasteiger partial charge on any atom is -0.326 e. The first-order valence-electron chi connectivity index (χ1n) is 6.39. The van der Waals surface area contributed by atoms with Gasteiger partial charge in [0.25, 0.3) is 0 Å². The summed E-state index contributed by atoms with van der Waals surface area (Å²) in [5, 5.41) is 4.16. The van der Waals surface area contributed by atoms with Gasteiger partial charge in [0.05, 0.1) is 10.6 Å². The molecule has 2 aromatic rings. The molecule has 3 N–H and O–H groups in total. The molecule has 114 valence electrons. The van der Waals surface area contributed by atoms with E-state index < -0.39 is 15.8 Å². The second-order valence-electron chi connectivity index (χ2n) is 4.59. The highest BCUT2D eigenvalue weighted by atomic mass is 32.2. The number of nitrogens with two attached hydrogens (primary N) is 1. The summed E-state index contributed by atoms with van der Waals surface area (Å²) < 4.78 is 41.7. The van der Waals surface area contributed by atoms with Gasteiger partial charge in [-0.15, -0.1) is 0 Å². The fourth-order valence-corrected chi connectivity index (χ4v) is 2.95. The summed E-state index contributed by atoms with van der Waals surface area (Å²) in [7, 11) is -1.89. The Balaban J connectivity index is 2.04. The number of benzene rings is 1. The minimum atomic E-state index is -3.68. The van der Waals surface area contributed by atoms with E-state index in [4.69, 9.17) is 5.73 Å². The Kier molecular flexibility index (Phi) is 4.71. The molecule has 0 bridgehead atoms. The van der Waals surface area contributed by atoms with Crippen molar-refractivity contribution in [2.24, 2.45) is 12.8 Å². The average Bonchev–Trinajstić information content (AvgIpc) is 2.84. The fraction of sp³-hybridized carbons (Fsp3) is 0.308. The number of aromatic nitrogens is 2. The van der Waals surface area contributed by atoms with Crippen molar-refractivity contribution < 1.29 is 12.8 Å². The first kappa shape index (κ1) is 15.6. The van der Waals surface area contributed by atoms with Crippen LogP contribution in [0.1, 0.15) is 11.3 Å². The SMILES string of the molecule is Cn1ccc(CCNS(=O)(=O)c2ccc(F)c(CN)c2)n1. The number of sulfonamides is 1. The smallest absolute Gasteiger partial charge is 0.240 e. The van der Waals surface area contributed by atoms with Crippen LogP contribution < -0.4 is 10.5 Å². The molecule has 6 nitrogen and oxygen atoms in total. The van der Waals surface area contributed by atoms with Crippen LogP contribution in [0.3, 0.4) is 0 Å². The van der Waals surface area contributed by atoms with E-state index in [1.165, 1.54) is 12.1 Å². The van der Waals surface area contributed by atoms with E-state index in [2.05, 4.69) is 9.82 Å². The fourth-order valence-electron chi connectivity index (χ4n) is 1.87. The van der Waals surface area contributed by atoms with E-state index >= 15 is 0 Å². The number of nitrogens with zero attached hydrogens (tertiary/aromatic N) is 2. The Hall–Kier alpha value is -1.77. The van der Waals surface area contributed by atoms with Crippen LogP contribution in [0.2, 0.25) is 0 Å². The Morgan fingerprint density at radius 3 is 2.76 bits per heavy atom. The van der Waals surface area contributed by atoms with Gasteiger partial charge in [0.15, 0.2) is 0 Å². The normalized spacial score (nSPS) is 11.8. The van der Waals surface area contributed by atoms with Crippen molar-refractivity contribution in [3.63, 3.8) is 0 Å². The number of nitrogens with one attached hydrogen (secondary N) is 1. The number of rotatable bonds is 6. The quantitative estimate of drug-likeness (QED) is 0.814. The summed E-state index contributed by atoms with van der Waals surface area (Å²) in [5.74, 6) is -0.509. The average molecular weight is 312 g/mol. The zero-order chi connectivity index (χ0) is 15.5. The van der Waals surface area contributed by atoms with Crippen LogP contribution in [0.5, 0.6) is 0 Å². The van der Waals surface area contributed by atoms with Crippen molar-refractivity contribution in [1.29, 1.82) is 0 Å². The van der Waals surface area contributed by atoms with E-state index in [0.29, 0.717) is 6.42 Å². The van der Waals surface area contributed by atoms with E-state index in [9.17, 15) is 12.8 Å². The molecule has 21 heavy (non-hydrogen) atoms. The summed E-state index contributed by atoms with van der Waals surface area (Å²) in [5.41, 5.74) is 6.34. The van der Waals surface area contributed by atoms with Gasteiger partial charge in [-0.25, -0.2) is 17.5 Å². The Morgan fingerprint density at radius 1 is 1.38 bits per heavy atom. The summed E-state index contributed by atoms with van der Waals surface area (Å²) in [6.45, 7) is 0.164. The molecule has 2 rings (SSSR count). The van der Waals surface area contributed by atoms with Crippen LogP contribution in [-0.4, -0.2) is 24.7 Å². The molecule has 0 unspecified atom stereocenters. The maximum absolute atomic E-state index is 13.3. The highest BCUT2D eigenvalue weighted by Gasteiger charge is 2.15. The lowest BCUT2D eigenvalue weighted by Gasteiger charge is -2.08. The van der Waals surface area contributed by atoms with Gasteiger partial charge in [-0.2, -0.15) is 5.10 Å². The molecule has 0 aliphatic rings. The van der Waals surface area contributed by atoms with E-state index in [1.54, 1.807) is 17.9 Å². The summed E-state index contributed by atoms with van der Waals surface area (Å²) in [6, 6.07) is 5.39. The minimum absolute atomic E-state index is 0.00497. The van der Waals surface area contributed by atoms with Crippen molar-refractivity contribution in [3.05, 3.63) is 47.5 Å². The Morgan fingerprint density at radius 2 is 2.14 bits per heavy atom. The van der Waals surface area contributed by atoms with Gasteiger partial charge < -0.3 is 5.73 Å². The first-order chi connectivity index (χ1) is 9.92. The molecular weight excluding hydrogens is 295 g/mol. The molecule has 1 heterocycles. The lowest BCUT2D eigenvalue weighted by atomic mass is 10.2. The molecule has 0 amide bonds. The second kappa shape index (κ2) is 6.33. The zero-order valence-corrected chi connectivity index (χ0v) is 12.4. The molecule has 1 aromatic heterocycles. The third-order valence-electron chi connectivity index (χ3n) is 2.99. The van der Waals surface area contributed by atoms with E-state index in [-0.39, 0.29) is 23.5 Å². The van der Waals surface area contributed by atoms with Crippen molar-refractivity contribution in [2.75, 3.05) is 6.54 Å². The highest BCUT2D eigenvalue weighted by molar-refractivity contribution is 7.89. The second-order valence-corrected chi connectivity index (χ2v) is 6.35. The van der Waals surface area contributed by atoms with Crippen LogP contribution in [0, 0.1) is 5.82 Å². The molecule has 1 aromatic carbocycles. The van der Waals surface area contributed by atoms with Gasteiger partial charge in [-0.1, -0.05) is 0 Å². The highest BCUT2D eigenvalue weighted by Crippen LogP contribution is 2.14. The standard InChI is InChI=1S/C13H17FN4O2S/c1-18-7-5-11(17-18)4-6-16-21(19,20)12-2-3-13(14)10(8-12)9-15/h2-3,5,7-8,16H,4,6,9,15H2,1H3.